The van der Waals surface area contributed by atoms with E-state index in [4.69, 9.17) is 128 Å². The Hall–Kier alpha value is 2.41. The van der Waals surface area contributed by atoms with E-state index in [1.807, 2.05) is 0 Å². The van der Waals surface area contributed by atoms with Gasteiger partial charge in [0.05, 0.1) is 10.0 Å². The second-order valence-corrected chi connectivity index (χ2v) is 11.0. The molecule has 0 nitrogen and oxygen atoms in total. The van der Waals surface area contributed by atoms with E-state index >= 15 is 0 Å². The molecule has 1 radical (unpaired) electrons. The lowest BCUT2D eigenvalue weighted by Gasteiger charge is -2.25. The first-order valence-corrected chi connectivity index (χ1v) is 8.49. The smallest absolute Gasteiger partial charge is 0.0833 e. The van der Waals surface area contributed by atoms with Crippen LogP contribution in [0.3, 0.4) is 0 Å². The zero-order valence-electron chi connectivity index (χ0n) is 8.66. The average Bonchev–Trinajstić information content (AvgIpc) is 2.10. The number of hydrogen-bond donors (Lipinski definition) is 0. The minimum Gasteiger partial charge on any atom is -0.0833 e. The minimum atomic E-state index is -2.03. The molecule has 0 heterocycles. The maximum Gasteiger partial charge on any atom is 0.218 e. The first-order valence-electron chi connectivity index (χ1n) is 4.33. The predicted molar refractivity (Wildman–Crippen MR) is 93.0 cm³/mol. The van der Waals surface area contributed by atoms with Gasteiger partial charge in [0.25, 0.3) is 0 Å². The molecule has 0 unspecified atom stereocenters. The summed E-state index contributed by atoms with van der Waals surface area (Å²) in [6.45, 7) is 0. The van der Waals surface area contributed by atoms with Crippen molar-refractivity contribution in [2.45, 2.75) is 11.4 Å². The molecule has 0 N–H and O–H groups in total. The Morgan fingerprint density at radius 2 is 0.850 bits per heavy atom. The molecule has 0 aromatic heterocycles. The first kappa shape index (κ1) is 20.5. The Kier molecular flexibility index (Phi) is 6.88. The van der Waals surface area contributed by atoms with Gasteiger partial charge in [0.1, 0.15) is 0 Å². The molecule has 0 saturated heterocycles. The zero-order valence-corrected chi connectivity index (χ0v) is 17.0. The highest BCUT2D eigenvalue weighted by Crippen LogP contribution is 2.55. The van der Waals surface area contributed by atoms with Gasteiger partial charge in [-0.25, -0.2) is 0 Å². The van der Waals surface area contributed by atoms with E-state index < -0.39 is 11.4 Å². The summed E-state index contributed by atoms with van der Waals surface area (Å²) >= 11 is 64.2. The molecule has 0 atom stereocenters. The Morgan fingerprint density at radius 1 is 0.550 bits per heavy atom. The van der Waals surface area contributed by atoms with Gasteiger partial charge in [0, 0.05) is 22.8 Å². The van der Waals surface area contributed by atoms with Crippen LogP contribution in [0.4, 0.5) is 0 Å². The van der Waals surface area contributed by atoms with E-state index in [0.717, 1.165) is 0 Å². The lowest BCUT2D eigenvalue weighted by Crippen LogP contribution is -2.14. The Bertz CT molecular complexity index is 478. The molecule has 20 heavy (non-hydrogen) atoms. The molecule has 0 spiro atoms. The number of halogens is 11. The Balaban J connectivity index is 3.86. The van der Waals surface area contributed by atoms with Crippen molar-refractivity contribution in [3.63, 3.8) is 0 Å². The topological polar surface area (TPSA) is 0 Å². The van der Waals surface area contributed by atoms with Crippen LogP contribution >= 0.6 is 128 Å². The lowest BCUT2D eigenvalue weighted by atomic mass is 10.1. The van der Waals surface area contributed by atoms with Crippen LogP contribution in [0.5, 0.6) is 0 Å². The molecule has 1 aromatic rings. The van der Waals surface area contributed by atoms with Crippen molar-refractivity contribution in [2.24, 2.45) is 0 Å². The fraction of sp³-hybridized carbons (Fsp3) is 0.333. The summed E-state index contributed by atoms with van der Waals surface area (Å²) in [4.78, 5) is 0. The summed E-state index contributed by atoms with van der Waals surface area (Å²) < 4.78 is -6.01. The van der Waals surface area contributed by atoms with Crippen molar-refractivity contribution in [3.05, 3.63) is 32.8 Å². The summed E-state index contributed by atoms with van der Waals surface area (Å²) in [5.74, 6) is 0. The minimum absolute atomic E-state index is 0.156. The average molecular weight is 498 g/mol. The van der Waals surface area contributed by atoms with Crippen LogP contribution in [0.2, 0.25) is 10.0 Å². The van der Waals surface area contributed by atoms with Crippen LogP contribution in [-0.4, -0.2) is 0 Å². The van der Waals surface area contributed by atoms with E-state index in [0.29, 0.717) is 0 Å². The molecule has 0 fully saturated rings. The molecule has 1 aromatic carbocycles. The van der Waals surface area contributed by atoms with Crippen LogP contribution in [0.1, 0.15) is 16.7 Å². The van der Waals surface area contributed by atoms with Gasteiger partial charge in [-0.05, 0) is 0 Å². The standard InChI is InChI=1S/C9Cl11/c10-5-2(7(12,13)14)1-3(8(15,16)17)6(11)4(5)9(18,19)20. The number of rotatable bonds is 0. The molecule has 11 heteroatoms. The van der Waals surface area contributed by atoms with Crippen LogP contribution in [-0.2, 0) is 11.4 Å². The third-order valence-electron chi connectivity index (χ3n) is 1.98. The highest BCUT2D eigenvalue weighted by atomic mass is 35.6. The highest BCUT2D eigenvalue weighted by Gasteiger charge is 2.40. The van der Waals surface area contributed by atoms with Gasteiger partial charge in [-0.2, -0.15) is 0 Å². The maximum atomic E-state index is 6.05. The Morgan fingerprint density at radius 3 is 1.05 bits per heavy atom. The predicted octanol–water partition coefficient (Wildman–Crippen LogP) is 8.27. The summed E-state index contributed by atoms with van der Waals surface area (Å²) in [5, 5.41) is -0.402. The molecule has 0 aliphatic carbocycles. The fourth-order valence-electron chi connectivity index (χ4n) is 1.22. The molecule has 113 valence electrons. The lowest BCUT2D eigenvalue weighted by molar-refractivity contribution is 1.11. The molecule has 1 rings (SSSR count). The Labute approximate surface area is 170 Å². The quantitative estimate of drug-likeness (QED) is 0.316. The molecular weight excluding hydrogens is 498 g/mol. The molecule has 0 aliphatic heterocycles. The molecular formula is C9Cl11. The van der Waals surface area contributed by atoms with Crippen LogP contribution in [0.25, 0.3) is 0 Å². The van der Waals surface area contributed by atoms with E-state index in [9.17, 15) is 0 Å². The number of benzene rings is 1. The summed E-state index contributed by atoms with van der Waals surface area (Å²) in [6, 6.07) is 2.54. The van der Waals surface area contributed by atoms with Gasteiger partial charge in [-0.3, -0.25) is 0 Å². The van der Waals surface area contributed by atoms with E-state index in [2.05, 4.69) is 6.07 Å². The van der Waals surface area contributed by atoms with Gasteiger partial charge in [-0.1, -0.05) is 128 Å². The van der Waals surface area contributed by atoms with Crippen molar-refractivity contribution in [2.75, 3.05) is 0 Å². The second-order valence-electron chi connectivity index (χ2n) is 3.37. The van der Waals surface area contributed by atoms with Crippen LogP contribution in [0, 0.1) is 6.07 Å². The van der Waals surface area contributed by atoms with Gasteiger partial charge < -0.3 is 0 Å². The van der Waals surface area contributed by atoms with Gasteiger partial charge in [0.2, 0.25) is 11.4 Å². The third-order valence-corrected chi connectivity index (χ3v) is 4.44. The third kappa shape index (κ3) is 4.71. The van der Waals surface area contributed by atoms with Gasteiger partial charge in [-0.15, -0.1) is 0 Å². The second kappa shape index (κ2) is 6.73. The van der Waals surface area contributed by atoms with Crippen molar-refractivity contribution >= 4 is 128 Å². The molecule has 0 bridgehead atoms. The van der Waals surface area contributed by atoms with Crippen molar-refractivity contribution < 1.29 is 0 Å². The fourth-order valence-corrected chi connectivity index (χ4v) is 4.12. The monoisotopic (exact) mass is 493 g/mol. The van der Waals surface area contributed by atoms with Crippen molar-refractivity contribution in [1.82, 2.24) is 0 Å². The van der Waals surface area contributed by atoms with E-state index in [1.165, 1.54) is 0 Å². The summed E-state index contributed by atoms with van der Waals surface area (Å²) in [5.41, 5.74) is -0.486. The maximum absolute atomic E-state index is 6.05. The summed E-state index contributed by atoms with van der Waals surface area (Å²) in [7, 11) is 0. The number of hydrogen-bond acceptors (Lipinski definition) is 0. The van der Waals surface area contributed by atoms with Crippen molar-refractivity contribution in [3.8, 4) is 0 Å². The zero-order chi connectivity index (χ0) is 16.1. The van der Waals surface area contributed by atoms with Gasteiger partial charge >= 0.3 is 0 Å². The molecule has 0 amide bonds. The van der Waals surface area contributed by atoms with E-state index in [1.54, 1.807) is 0 Å². The summed E-state index contributed by atoms with van der Waals surface area (Å²) in [6.07, 6.45) is 0. The highest BCUT2D eigenvalue weighted by molar-refractivity contribution is 6.70. The largest absolute Gasteiger partial charge is 0.218 e. The van der Waals surface area contributed by atoms with Crippen molar-refractivity contribution in [1.29, 1.82) is 0 Å². The van der Waals surface area contributed by atoms with Crippen LogP contribution < -0.4 is 0 Å². The number of alkyl halides is 9. The van der Waals surface area contributed by atoms with E-state index in [-0.39, 0.29) is 26.7 Å². The molecule has 0 aliphatic rings. The van der Waals surface area contributed by atoms with Crippen LogP contribution in [0.15, 0.2) is 0 Å². The van der Waals surface area contributed by atoms with Gasteiger partial charge in [0.15, 0.2) is 0 Å². The normalized spacial score (nSPS) is 13.8. The molecule has 0 saturated carbocycles. The SMILES string of the molecule is Clc1c(C(Cl)(Cl)Cl)[c]c(C(Cl)(Cl)Cl)c(Cl)c1C(Cl)(Cl)Cl. The first-order chi connectivity index (χ1) is 8.67.